The van der Waals surface area contributed by atoms with Crippen LogP contribution in [0.25, 0.3) is 0 Å². The third-order valence-electron chi connectivity index (χ3n) is 2.60. The van der Waals surface area contributed by atoms with Crippen molar-refractivity contribution in [2.75, 3.05) is 26.7 Å². The van der Waals surface area contributed by atoms with E-state index in [2.05, 4.69) is 24.2 Å². The zero-order valence-corrected chi connectivity index (χ0v) is 8.47. The van der Waals surface area contributed by atoms with Crippen molar-refractivity contribution in [2.24, 2.45) is 0 Å². The normalized spacial score (nSPS) is 25.0. The van der Waals surface area contributed by atoms with E-state index in [1.807, 2.05) is 0 Å². The summed E-state index contributed by atoms with van der Waals surface area (Å²) in [6.07, 6.45) is 5.38. The minimum atomic E-state index is 0.770. The van der Waals surface area contributed by atoms with Crippen molar-refractivity contribution in [3.63, 3.8) is 0 Å². The van der Waals surface area contributed by atoms with Gasteiger partial charge in [0.1, 0.15) is 0 Å². The van der Waals surface area contributed by atoms with Crippen molar-refractivity contribution in [3.05, 3.63) is 0 Å². The topological polar surface area (TPSA) is 15.3 Å². The standard InChI is InChI=1S/C10H22N2/c1-3-4-5-7-11-10-6-8-12(2)9-10/h10-11H,3-9H2,1-2H3/t10-/m0/s1. The molecule has 2 heteroatoms. The van der Waals surface area contributed by atoms with E-state index in [1.54, 1.807) is 0 Å². The van der Waals surface area contributed by atoms with E-state index in [-0.39, 0.29) is 0 Å². The fraction of sp³-hybridized carbons (Fsp3) is 1.00. The van der Waals surface area contributed by atoms with Crippen molar-refractivity contribution in [2.45, 2.75) is 38.6 Å². The second-order valence-corrected chi connectivity index (χ2v) is 3.91. The number of likely N-dealkylation sites (tertiary alicyclic amines) is 1. The molecule has 0 spiro atoms. The largest absolute Gasteiger partial charge is 0.313 e. The summed E-state index contributed by atoms with van der Waals surface area (Å²) in [7, 11) is 2.20. The Morgan fingerprint density at radius 2 is 2.25 bits per heavy atom. The van der Waals surface area contributed by atoms with Crippen LogP contribution in [-0.4, -0.2) is 37.6 Å². The highest BCUT2D eigenvalue weighted by Gasteiger charge is 2.17. The molecule has 1 heterocycles. The average molecular weight is 170 g/mol. The first kappa shape index (κ1) is 10.0. The van der Waals surface area contributed by atoms with Crippen LogP contribution < -0.4 is 5.32 Å². The number of nitrogens with zero attached hydrogens (tertiary/aromatic N) is 1. The van der Waals surface area contributed by atoms with Crippen LogP contribution in [0.4, 0.5) is 0 Å². The number of hydrogen-bond acceptors (Lipinski definition) is 2. The molecule has 1 aliphatic heterocycles. The van der Waals surface area contributed by atoms with Crippen molar-refractivity contribution >= 4 is 0 Å². The summed E-state index contributed by atoms with van der Waals surface area (Å²) >= 11 is 0. The molecule has 1 N–H and O–H groups in total. The van der Waals surface area contributed by atoms with Gasteiger partial charge >= 0.3 is 0 Å². The average Bonchev–Trinajstić information content (AvgIpc) is 2.45. The van der Waals surface area contributed by atoms with Crippen LogP contribution in [0.2, 0.25) is 0 Å². The van der Waals surface area contributed by atoms with Crippen LogP contribution in [-0.2, 0) is 0 Å². The first-order chi connectivity index (χ1) is 5.83. The number of rotatable bonds is 5. The number of likely N-dealkylation sites (N-methyl/N-ethyl adjacent to an activating group) is 1. The van der Waals surface area contributed by atoms with Crippen molar-refractivity contribution in [1.82, 2.24) is 10.2 Å². The van der Waals surface area contributed by atoms with Gasteiger partial charge < -0.3 is 10.2 Å². The molecular formula is C10H22N2. The van der Waals surface area contributed by atoms with E-state index in [4.69, 9.17) is 0 Å². The fourth-order valence-corrected chi connectivity index (χ4v) is 1.78. The second-order valence-electron chi connectivity index (χ2n) is 3.91. The predicted molar refractivity (Wildman–Crippen MR) is 53.4 cm³/mol. The second kappa shape index (κ2) is 5.55. The monoisotopic (exact) mass is 170 g/mol. The SMILES string of the molecule is CCCCCN[C@H]1CCN(C)C1. The summed E-state index contributed by atoms with van der Waals surface area (Å²) in [5, 5.41) is 3.61. The zero-order chi connectivity index (χ0) is 8.81. The highest BCUT2D eigenvalue weighted by Crippen LogP contribution is 2.05. The summed E-state index contributed by atoms with van der Waals surface area (Å²) in [4.78, 5) is 2.40. The summed E-state index contributed by atoms with van der Waals surface area (Å²) in [6, 6.07) is 0.770. The Bertz CT molecular complexity index is 114. The summed E-state index contributed by atoms with van der Waals surface area (Å²) in [5.74, 6) is 0. The van der Waals surface area contributed by atoms with E-state index in [0.717, 1.165) is 6.04 Å². The van der Waals surface area contributed by atoms with Gasteiger partial charge in [0, 0.05) is 12.6 Å². The van der Waals surface area contributed by atoms with Gasteiger partial charge in [0.05, 0.1) is 0 Å². The molecule has 12 heavy (non-hydrogen) atoms. The quantitative estimate of drug-likeness (QED) is 0.629. The van der Waals surface area contributed by atoms with Gasteiger partial charge in [0.25, 0.3) is 0 Å². The molecule has 0 aromatic rings. The minimum Gasteiger partial charge on any atom is -0.313 e. The van der Waals surface area contributed by atoms with Gasteiger partial charge in [-0.1, -0.05) is 19.8 Å². The summed E-state index contributed by atoms with van der Waals surface area (Å²) in [5.41, 5.74) is 0. The van der Waals surface area contributed by atoms with Crippen molar-refractivity contribution in [1.29, 1.82) is 0 Å². The van der Waals surface area contributed by atoms with Gasteiger partial charge in [-0.25, -0.2) is 0 Å². The fourth-order valence-electron chi connectivity index (χ4n) is 1.78. The van der Waals surface area contributed by atoms with Crippen LogP contribution in [0, 0.1) is 0 Å². The van der Waals surface area contributed by atoms with Crippen LogP contribution in [0.5, 0.6) is 0 Å². The maximum absolute atomic E-state index is 3.61. The lowest BCUT2D eigenvalue weighted by Gasteiger charge is -2.11. The maximum atomic E-state index is 3.61. The molecular weight excluding hydrogens is 148 g/mol. The molecule has 0 radical (unpaired) electrons. The predicted octanol–water partition coefficient (Wildman–Crippen LogP) is 1.47. The molecule has 0 saturated carbocycles. The molecule has 0 aromatic heterocycles. The Morgan fingerprint density at radius 3 is 2.83 bits per heavy atom. The van der Waals surface area contributed by atoms with E-state index >= 15 is 0 Å². The minimum absolute atomic E-state index is 0.770. The molecule has 0 amide bonds. The lowest BCUT2D eigenvalue weighted by molar-refractivity contribution is 0.397. The Labute approximate surface area is 76.3 Å². The molecule has 72 valence electrons. The first-order valence-corrected chi connectivity index (χ1v) is 5.25. The highest BCUT2D eigenvalue weighted by molar-refractivity contribution is 4.78. The number of hydrogen-bond donors (Lipinski definition) is 1. The molecule has 1 saturated heterocycles. The van der Waals surface area contributed by atoms with Gasteiger partial charge in [0.2, 0.25) is 0 Å². The van der Waals surface area contributed by atoms with Gasteiger partial charge in [-0.2, -0.15) is 0 Å². The zero-order valence-electron chi connectivity index (χ0n) is 8.47. The lowest BCUT2D eigenvalue weighted by Crippen LogP contribution is -2.32. The molecule has 1 aliphatic rings. The molecule has 0 aromatic carbocycles. The molecule has 1 rings (SSSR count). The Balaban J connectivity index is 1.93. The molecule has 1 fully saturated rings. The van der Waals surface area contributed by atoms with Crippen LogP contribution >= 0.6 is 0 Å². The number of nitrogens with one attached hydrogen (secondary N) is 1. The van der Waals surface area contributed by atoms with Gasteiger partial charge in [-0.15, -0.1) is 0 Å². The van der Waals surface area contributed by atoms with E-state index in [1.165, 1.54) is 45.3 Å². The molecule has 0 aliphatic carbocycles. The van der Waals surface area contributed by atoms with E-state index in [9.17, 15) is 0 Å². The Kier molecular flexibility index (Phi) is 4.62. The van der Waals surface area contributed by atoms with Crippen LogP contribution in [0.15, 0.2) is 0 Å². The first-order valence-electron chi connectivity index (χ1n) is 5.25. The van der Waals surface area contributed by atoms with Gasteiger partial charge in [-0.05, 0) is 33.0 Å². The summed E-state index contributed by atoms with van der Waals surface area (Å²) in [6.45, 7) is 5.98. The summed E-state index contributed by atoms with van der Waals surface area (Å²) < 4.78 is 0. The molecule has 0 unspecified atom stereocenters. The third-order valence-corrected chi connectivity index (χ3v) is 2.60. The van der Waals surface area contributed by atoms with Gasteiger partial charge in [0.15, 0.2) is 0 Å². The lowest BCUT2D eigenvalue weighted by atomic mass is 10.2. The Hall–Kier alpha value is -0.0800. The molecule has 1 atom stereocenters. The Morgan fingerprint density at radius 1 is 1.42 bits per heavy atom. The van der Waals surface area contributed by atoms with Crippen molar-refractivity contribution in [3.8, 4) is 0 Å². The smallest absolute Gasteiger partial charge is 0.0207 e. The van der Waals surface area contributed by atoms with E-state index in [0.29, 0.717) is 0 Å². The highest BCUT2D eigenvalue weighted by atomic mass is 15.2. The maximum Gasteiger partial charge on any atom is 0.0207 e. The van der Waals surface area contributed by atoms with E-state index < -0.39 is 0 Å². The van der Waals surface area contributed by atoms with Gasteiger partial charge in [-0.3, -0.25) is 0 Å². The molecule has 2 nitrogen and oxygen atoms in total. The third kappa shape index (κ3) is 3.55. The van der Waals surface area contributed by atoms with Crippen LogP contribution in [0.1, 0.15) is 32.6 Å². The number of unbranched alkanes of at least 4 members (excludes halogenated alkanes) is 2. The molecule has 0 bridgehead atoms. The van der Waals surface area contributed by atoms with Crippen molar-refractivity contribution < 1.29 is 0 Å². The van der Waals surface area contributed by atoms with Crippen LogP contribution in [0.3, 0.4) is 0 Å².